The molecule has 1 saturated carbocycles. The topological polar surface area (TPSA) is 61.8 Å². The summed E-state index contributed by atoms with van der Waals surface area (Å²) in [7, 11) is -2.10. The molecule has 0 saturated heterocycles. The fraction of sp³-hybridized carbons (Fsp3) is 0.875. The fourth-order valence-electron chi connectivity index (χ4n) is 6.51. The van der Waals surface area contributed by atoms with Crippen molar-refractivity contribution in [3.8, 4) is 0 Å². The van der Waals surface area contributed by atoms with Crippen LogP contribution in [0.5, 0.6) is 0 Å². The van der Waals surface area contributed by atoms with E-state index in [1.165, 1.54) is 19.1 Å². The highest BCUT2D eigenvalue weighted by atomic mass is 28.4. The summed E-state index contributed by atoms with van der Waals surface area (Å²) in [6, 6.07) is 3.30. The lowest BCUT2D eigenvalue weighted by Crippen LogP contribution is -2.42. The number of unbranched alkanes of at least 4 members (excludes halogenated alkanes) is 4. The highest BCUT2D eigenvalue weighted by Crippen LogP contribution is 2.41. The number of ketones is 1. The molecule has 0 aromatic heterocycles. The van der Waals surface area contributed by atoms with Crippen LogP contribution in [0, 0.1) is 11.8 Å². The minimum atomic E-state index is -1.84. The van der Waals surface area contributed by atoms with Gasteiger partial charge in [-0.15, -0.1) is 0 Å². The summed E-state index contributed by atoms with van der Waals surface area (Å²) in [6.45, 7) is 20.4. The van der Waals surface area contributed by atoms with Crippen LogP contribution in [-0.4, -0.2) is 47.2 Å². The average Bonchev–Trinajstić information content (AvgIpc) is 3.14. The van der Waals surface area contributed by atoms with Gasteiger partial charge in [-0.05, 0) is 77.3 Å². The summed E-state index contributed by atoms with van der Waals surface area (Å²) in [5, 5.41) is 0. The third-order valence-corrected chi connectivity index (χ3v) is 14.4. The molecule has 0 N–H and O–H groups in total. The molecule has 0 radical (unpaired) electrons. The Morgan fingerprint density at radius 1 is 1.00 bits per heavy atom. The lowest BCUT2D eigenvalue weighted by atomic mass is 9.85. The van der Waals surface area contributed by atoms with Crippen LogP contribution in [-0.2, 0) is 23.2 Å². The van der Waals surface area contributed by atoms with Crippen molar-refractivity contribution in [2.75, 3.05) is 7.11 Å². The number of hydrogen-bond donors (Lipinski definition) is 0. The zero-order chi connectivity index (χ0) is 29.7. The van der Waals surface area contributed by atoms with Crippen LogP contribution in [0.25, 0.3) is 0 Å². The Hall–Kier alpha value is -0.766. The van der Waals surface area contributed by atoms with Gasteiger partial charge in [0.2, 0.25) is 0 Å². The highest BCUT2D eigenvalue weighted by Gasteiger charge is 2.45. The smallest absolute Gasteiger partial charge is 0.305 e. The molecule has 228 valence electrons. The number of esters is 1. The molecule has 0 amide bonds. The standard InChI is InChI=1S/C32H62O5Si2/c1-11-15-22-32(6,37-38(8,9)10)25-26(5)23-28-27(20-18-16-17-19-21-31(34)35-7)29(33)24-30(28)36-39(12-2,13-3)14-4/h23,27-28,30H,11-22,24-25H2,1-10H3/b26-23+/t27?,28-,30-,32?/m1/s1. The predicted octanol–water partition coefficient (Wildman–Crippen LogP) is 9.23. The van der Waals surface area contributed by atoms with Crippen molar-refractivity contribution < 1.29 is 23.2 Å². The van der Waals surface area contributed by atoms with Crippen molar-refractivity contribution in [3.05, 3.63) is 11.6 Å². The summed E-state index contributed by atoms with van der Waals surface area (Å²) in [5.74, 6) is 0.414. The minimum Gasteiger partial charge on any atom is -0.469 e. The Morgan fingerprint density at radius 3 is 2.15 bits per heavy atom. The lowest BCUT2D eigenvalue weighted by molar-refractivity contribution is -0.140. The number of hydrogen-bond acceptors (Lipinski definition) is 5. The second kappa shape index (κ2) is 17.3. The van der Waals surface area contributed by atoms with Crippen LogP contribution in [0.3, 0.4) is 0 Å². The summed E-state index contributed by atoms with van der Waals surface area (Å²) in [4.78, 5) is 24.8. The molecule has 0 spiro atoms. The molecule has 2 unspecified atom stereocenters. The van der Waals surface area contributed by atoms with Crippen LogP contribution < -0.4 is 0 Å². The highest BCUT2D eigenvalue weighted by molar-refractivity contribution is 6.73. The van der Waals surface area contributed by atoms with Gasteiger partial charge in [0.1, 0.15) is 5.78 Å². The van der Waals surface area contributed by atoms with Crippen molar-refractivity contribution >= 4 is 28.4 Å². The van der Waals surface area contributed by atoms with E-state index in [9.17, 15) is 9.59 Å². The van der Waals surface area contributed by atoms with E-state index in [1.807, 2.05) is 0 Å². The van der Waals surface area contributed by atoms with Gasteiger partial charge in [0.05, 0.1) is 18.8 Å². The minimum absolute atomic E-state index is 0.00287. The summed E-state index contributed by atoms with van der Waals surface area (Å²) in [6.07, 6.45) is 12.6. The molecule has 0 aromatic carbocycles. The van der Waals surface area contributed by atoms with E-state index in [0.29, 0.717) is 18.6 Å². The first-order valence-corrected chi connectivity index (χ1v) is 21.9. The van der Waals surface area contributed by atoms with Crippen LogP contribution in [0.2, 0.25) is 37.8 Å². The van der Waals surface area contributed by atoms with Gasteiger partial charge >= 0.3 is 5.97 Å². The van der Waals surface area contributed by atoms with E-state index >= 15 is 0 Å². The molecule has 7 heteroatoms. The van der Waals surface area contributed by atoms with Gasteiger partial charge in [0.15, 0.2) is 16.6 Å². The molecular weight excluding hydrogens is 521 g/mol. The molecule has 1 rings (SSSR count). The SMILES string of the molecule is CCCCC(C)(C/C(C)=C/[C@@H]1C(CCCCCCC(=O)OC)C(=O)C[C@H]1O[Si](CC)(CC)CC)O[Si](C)(C)C. The molecule has 5 nitrogen and oxygen atoms in total. The first-order chi connectivity index (χ1) is 18.3. The maximum atomic E-state index is 13.4. The zero-order valence-corrected chi connectivity index (χ0v) is 29.3. The van der Waals surface area contributed by atoms with Gasteiger partial charge in [-0.25, -0.2) is 0 Å². The molecule has 0 aliphatic heterocycles. The monoisotopic (exact) mass is 582 g/mol. The number of carbonyl (C=O) groups excluding carboxylic acids is 2. The van der Waals surface area contributed by atoms with Crippen LogP contribution in [0.1, 0.15) is 112 Å². The maximum Gasteiger partial charge on any atom is 0.305 e. The number of Topliss-reactive ketones (excluding diaryl/α,β-unsaturated/α-hetero) is 1. The molecule has 1 aliphatic rings. The molecule has 39 heavy (non-hydrogen) atoms. The third kappa shape index (κ3) is 12.7. The number of methoxy groups -OCH3 is 1. The third-order valence-electron chi connectivity index (χ3n) is 8.66. The zero-order valence-electron chi connectivity index (χ0n) is 27.3. The molecule has 0 aromatic rings. The molecule has 1 fully saturated rings. The van der Waals surface area contributed by atoms with E-state index in [-0.39, 0.29) is 29.5 Å². The Kier molecular flexibility index (Phi) is 16.0. The van der Waals surface area contributed by atoms with Crippen molar-refractivity contribution in [3.63, 3.8) is 0 Å². The number of rotatable bonds is 20. The van der Waals surface area contributed by atoms with Gasteiger partial charge < -0.3 is 13.6 Å². The normalized spacial score (nSPS) is 22.3. The average molecular weight is 583 g/mol. The number of ether oxygens (including phenoxy) is 1. The lowest BCUT2D eigenvalue weighted by Gasteiger charge is -2.38. The van der Waals surface area contributed by atoms with Gasteiger partial charge in [-0.2, -0.15) is 0 Å². The van der Waals surface area contributed by atoms with E-state index < -0.39 is 16.6 Å². The first kappa shape index (κ1) is 36.3. The second-order valence-corrected chi connectivity index (χ2v) is 22.4. The first-order valence-electron chi connectivity index (χ1n) is 15.9. The van der Waals surface area contributed by atoms with Crippen molar-refractivity contribution in [2.45, 2.75) is 162 Å². The summed E-state index contributed by atoms with van der Waals surface area (Å²) >= 11 is 0. The Morgan fingerprint density at radius 2 is 1.62 bits per heavy atom. The van der Waals surface area contributed by atoms with Gasteiger partial charge in [-0.3, -0.25) is 9.59 Å². The van der Waals surface area contributed by atoms with Crippen LogP contribution >= 0.6 is 0 Å². The Balaban J connectivity index is 3.13. The summed E-state index contributed by atoms with van der Waals surface area (Å²) < 4.78 is 18.5. The van der Waals surface area contributed by atoms with Crippen LogP contribution in [0.15, 0.2) is 11.6 Å². The molecule has 4 atom stereocenters. The van der Waals surface area contributed by atoms with Gasteiger partial charge in [-0.1, -0.05) is 71.4 Å². The molecule has 1 aliphatic carbocycles. The van der Waals surface area contributed by atoms with Gasteiger partial charge in [0.25, 0.3) is 0 Å². The molecular formula is C32H62O5Si2. The van der Waals surface area contributed by atoms with E-state index in [4.69, 9.17) is 13.6 Å². The maximum absolute atomic E-state index is 13.4. The van der Waals surface area contributed by atoms with E-state index in [1.54, 1.807) is 0 Å². The Bertz CT molecular complexity index is 763. The van der Waals surface area contributed by atoms with Crippen LogP contribution in [0.4, 0.5) is 0 Å². The Labute approximate surface area is 243 Å². The largest absolute Gasteiger partial charge is 0.469 e. The molecule has 0 heterocycles. The molecule has 0 bridgehead atoms. The quantitative estimate of drug-likeness (QED) is 0.0619. The number of carbonyl (C=O) groups is 2. The fourth-order valence-corrected chi connectivity index (χ4v) is 11.0. The van der Waals surface area contributed by atoms with Crippen molar-refractivity contribution in [2.24, 2.45) is 11.8 Å². The van der Waals surface area contributed by atoms with E-state index in [0.717, 1.165) is 69.5 Å². The predicted molar refractivity (Wildman–Crippen MR) is 169 cm³/mol. The van der Waals surface area contributed by atoms with Crippen molar-refractivity contribution in [1.82, 2.24) is 0 Å². The van der Waals surface area contributed by atoms with Crippen molar-refractivity contribution in [1.29, 1.82) is 0 Å². The second-order valence-electron chi connectivity index (χ2n) is 13.2. The van der Waals surface area contributed by atoms with E-state index in [2.05, 4.69) is 67.3 Å². The summed E-state index contributed by atoms with van der Waals surface area (Å²) in [5.41, 5.74) is 1.17. The van der Waals surface area contributed by atoms with Gasteiger partial charge in [0, 0.05) is 24.7 Å².